The summed E-state index contributed by atoms with van der Waals surface area (Å²) in [4.78, 5) is 8.89. The molecular formula is C20H22N4O4. The zero-order valence-electron chi connectivity index (χ0n) is 16.1. The van der Waals surface area contributed by atoms with E-state index in [9.17, 15) is 0 Å². The predicted octanol–water partition coefficient (Wildman–Crippen LogP) is 3.50. The lowest BCUT2D eigenvalue weighted by Crippen LogP contribution is -2.02. The number of nitrogens with zero attached hydrogens (tertiary/aromatic N) is 2. The Bertz CT molecular complexity index is 978. The number of methoxy groups -OCH3 is 4. The van der Waals surface area contributed by atoms with Gasteiger partial charge in [0.1, 0.15) is 23.1 Å². The van der Waals surface area contributed by atoms with Crippen LogP contribution in [0.15, 0.2) is 42.5 Å². The molecule has 2 aromatic carbocycles. The smallest absolute Gasteiger partial charge is 0.163 e. The average Bonchev–Trinajstić information content (AvgIpc) is 2.73. The number of nitrogens with one attached hydrogen (secondary N) is 1. The van der Waals surface area contributed by atoms with E-state index in [2.05, 4.69) is 15.3 Å². The SMILES string of the molecule is COc1ccc(Nc2cc(N)nc(-c3ccc(OC)c(OC)c3)n2)c(OC)c1. The maximum Gasteiger partial charge on any atom is 0.163 e. The minimum absolute atomic E-state index is 0.328. The molecular weight excluding hydrogens is 360 g/mol. The molecule has 0 radical (unpaired) electrons. The lowest BCUT2D eigenvalue weighted by atomic mass is 10.2. The molecule has 0 saturated heterocycles. The Hall–Kier alpha value is -3.68. The summed E-state index contributed by atoms with van der Waals surface area (Å²) in [5.41, 5.74) is 7.46. The fourth-order valence-electron chi connectivity index (χ4n) is 2.67. The van der Waals surface area contributed by atoms with Gasteiger partial charge >= 0.3 is 0 Å². The lowest BCUT2D eigenvalue weighted by molar-refractivity contribution is 0.355. The highest BCUT2D eigenvalue weighted by atomic mass is 16.5. The van der Waals surface area contributed by atoms with Crippen LogP contribution in [0.25, 0.3) is 11.4 Å². The van der Waals surface area contributed by atoms with Gasteiger partial charge in [0.15, 0.2) is 17.3 Å². The van der Waals surface area contributed by atoms with Crippen LogP contribution in [0, 0.1) is 0 Å². The topological polar surface area (TPSA) is 101 Å². The van der Waals surface area contributed by atoms with Gasteiger partial charge in [0.25, 0.3) is 0 Å². The second-order valence-corrected chi connectivity index (χ2v) is 5.76. The Morgan fingerprint density at radius 1 is 0.750 bits per heavy atom. The van der Waals surface area contributed by atoms with Crippen molar-refractivity contribution in [3.05, 3.63) is 42.5 Å². The van der Waals surface area contributed by atoms with Crippen molar-refractivity contribution in [3.63, 3.8) is 0 Å². The highest BCUT2D eigenvalue weighted by molar-refractivity contribution is 5.70. The normalized spacial score (nSPS) is 10.3. The molecule has 3 rings (SSSR count). The standard InChI is InChI=1S/C20H22N4O4/c1-25-13-6-7-14(16(10-13)27-3)22-19-11-18(21)23-20(24-19)12-5-8-15(26-2)17(9-12)28-4/h5-11H,1-4H3,(H3,21,22,23,24). The van der Waals surface area contributed by atoms with Crippen LogP contribution in [0.1, 0.15) is 0 Å². The average molecular weight is 382 g/mol. The van der Waals surface area contributed by atoms with Crippen molar-refractivity contribution in [2.45, 2.75) is 0 Å². The maximum atomic E-state index is 5.99. The van der Waals surface area contributed by atoms with Gasteiger partial charge in [-0.1, -0.05) is 0 Å². The monoisotopic (exact) mass is 382 g/mol. The third-order valence-electron chi connectivity index (χ3n) is 4.06. The zero-order valence-corrected chi connectivity index (χ0v) is 16.1. The summed E-state index contributed by atoms with van der Waals surface area (Å²) in [7, 11) is 6.34. The predicted molar refractivity (Wildman–Crippen MR) is 108 cm³/mol. The van der Waals surface area contributed by atoms with E-state index < -0.39 is 0 Å². The molecule has 0 fully saturated rings. The van der Waals surface area contributed by atoms with Crippen molar-refractivity contribution in [3.8, 4) is 34.4 Å². The Morgan fingerprint density at radius 3 is 2.18 bits per heavy atom. The molecule has 146 valence electrons. The quantitative estimate of drug-likeness (QED) is 0.640. The van der Waals surface area contributed by atoms with E-state index in [0.29, 0.717) is 40.5 Å². The summed E-state index contributed by atoms with van der Waals surface area (Å²) in [5.74, 6) is 3.82. The van der Waals surface area contributed by atoms with Gasteiger partial charge in [-0.05, 0) is 30.3 Å². The Morgan fingerprint density at radius 2 is 1.50 bits per heavy atom. The summed E-state index contributed by atoms with van der Waals surface area (Å²) in [6.07, 6.45) is 0. The van der Waals surface area contributed by atoms with Crippen LogP contribution in [-0.4, -0.2) is 38.4 Å². The van der Waals surface area contributed by atoms with E-state index in [0.717, 1.165) is 11.3 Å². The molecule has 0 unspecified atom stereocenters. The molecule has 0 aliphatic rings. The minimum atomic E-state index is 0.328. The first-order valence-corrected chi connectivity index (χ1v) is 8.44. The van der Waals surface area contributed by atoms with Crippen molar-refractivity contribution in [2.75, 3.05) is 39.5 Å². The summed E-state index contributed by atoms with van der Waals surface area (Å²) in [6, 6.07) is 12.5. The van der Waals surface area contributed by atoms with Crippen LogP contribution in [0.2, 0.25) is 0 Å². The van der Waals surface area contributed by atoms with Crippen LogP contribution in [0.4, 0.5) is 17.3 Å². The second kappa shape index (κ2) is 8.34. The van der Waals surface area contributed by atoms with Crippen LogP contribution in [-0.2, 0) is 0 Å². The Labute approximate surface area is 163 Å². The van der Waals surface area contributed by atoms with E-state index in [1.807, 2.05) is 18.2 Å². The number of hydrogen-bond acceptors (Lipinski definition) is 8. The molecule has 0 bridgehead atoms. The van der Waals surface area contributed by atoms with Crippen molar-refractivity contribution < 1.29 is 18.9 Å². The highest BCUT2D eigenvalue weighted by Gasteiger charge is 2.12. The molecule has 28 heavy (non-hydrogen) atoms. The third-order valence-corrected chi connectivity index (χ3v) is 4.06. The summed E-state index contributed by atoms with van der Waals surface area (Å²) in [6.45, 7) is 0. The van der Waals surface area contributed by atoms with Crippen molar-refractivity contribution in [2.24, 2.45) is 0 Å². The fourth-order valence-corrected chi connectivity index (χ4v) is 2.67. The maximum absolute atomic E-state index is 5.99. The van der Waals surface area contributed by atoms with E-state index in [1.54, 1.807) is 52.7 Å². The molecule has 8 nitrogen and oxygen atoms in total. The summed E-state index contributed by atoms with van der Waals surface area (Å²) >= 11 is 0. The molecule has 3 N–H and O–H groups in total. The second-order valence-electron chi connectivity index (χ2n) is 5.76. The number of hydrogen-bond donors (Lipinski definition) is 2. The molecule has 0 spiro atoms. The third kappa shape index (κ3) is 4.01. The van der Waals surface area contributed by atoms with Gasteiger partial charge in [0, 0.05) is 17.7 Å². The molecule has 0 amide bonds. The van der Waals surface area contributed by atoms with Crippen LogP contribution in [0.3, 0.4) is 0 Å². The van der Waals surface area contributed by atoms with Crippen molar-refractivity contribution >= 4 is 17.3 Å². The number of benzene rings is 2. The van der Waals surface area contributed by atoms with Gasteiger partial charge in [-0.15, -0.1) is 0 Å². The molecule has 8 heteroatoms. The van der Waals surface area contributed by atoms with E-state index in [-0.39, 0.29) is 0 Å². The van der Waals surface area contributed by atoms with Crippen LogP contribution in [0.5, 0.6) is 23.0 Å². The van der Waals surface area contributed by atoms with Gasteiger partial charge in [-0.3, -0.25) is 0 Å². The molecule has 0 aliphatic carbocycles. The van der Waals surface area contributed by atoms with E-state index >= 15 is 0 Å². The number of nitrogen functional groups attached to an aromatic ring is 1. The first kappa shape index (κ1) is 19.1. The lowest BCUT2D eigenvalue weighted by Gasteiger charge is -2.13. The van der Waals surface area contributed by atoms with E-state index in [1.165, 1.54) is 0 Å². The fraction of sp³-hybridized carbons (Fsp3) is 0.200. The molecule has 1 heterocycles. The first-order valence-electron chi connectivity index (χ1n) is 8.44. The zero-order chi connectivity index (χ0) is 20.1. The molecule has 1 aromatic heterocycles. The summed E-state index contributed by atoms with van der Waals surface area (Å²) in [5, 5.41) is 3.21. The van der Waals surface area contributed by atoms with Gasteiger partial charge in [0.05, 0.1) is 34.1 Å². The highest BCUT2D eigenvalue weighted by Crippen LogP contribution is 2.34. The van der Waals surface area contributed by atoms with E-state index in [4.69, 9.17) is 24.7 Å². The van der Waals surface area contributed by atoms with Gasteiger partial charge in [-0.25, -0.2) is 9.97 Å². The number of anilines is 3. The number of aromatic nitrogens is 2. The number of nitrogens with two attached hydrogens (primary N) is 1. The Balaban J connectivity index is 1.97. The Kier molecular flexibility index (Phi) is 5.69. The summed E-state index contributed by atoms with van der Waals surface area (Å²) < 4.78 is 21.3. The van der Waals surface area contributed by atoms with Crippen LogP contribution >= 0.6 is 0 Å². The van der Waals surface area contributed by atoms with Gasteiger partial charge < -0.3 is 30.0 Å². The number of rotatable bonds is 7. The molecule has 0 saturated carbocycles. The molecule has 0 aliphatic heterocycles. The first-order chi connectivity index (χ1) is 13.6. The van der Waals surface area contributed by atoms with Crippen LogP contribution < -0.4 is 30.0 Å². The molecule has 0 atom stereocenters. The van der Waals surface area contributed by atoms with Gasteiger partial charge in [-0.2, -0.15) is 0 Å². The van der Waals surface area contributed by atoms with Crippen molar-refractivity contribution in [1.29, 1.82) is 0 Å². The number of ether oxygens (including phenoxy) is 4. The van der Waals surface area contributed by atoms with Crippen molar-refractivity contribution in [1.82, 2.24) is 9.97 Å². The van der Waals surface area contributed by atoms with Gasteiger partial charge in [0.2, 0.25) is 0 Å². The largest absolute Gasteiger partial charge is 0.497 e. The minimum Gasteiger partial charge on any atom is -0.497 e. The molecule has 3 aromatic rings.